The van der Waals surface area contributed by atoms with Gasteiger partial charge in [-0.15, -0.1) is 0 Å². The Hall–Kier alpha value is -2.57. The molecule has 4 rings (SSSR count). The molecule has 0 saturated carbocycles. The van der Waals surface area contributed by atoms with Gasteiger partial charge in [0.05, 0.1) is 19.3 Å². The summed E-state index contributed by atoms with van der Waals surface area (Å²) in [6.07, 6.45) is 1.08. The first-order chi connectivity index (χ1) is 14.6. The Balaban J connectivity index is 1.41. The Morgan fingerprint density at radius 1 is 1.17 bits per heavy atom. The fourth-order valence-corrected chi connectivity index (χ4v) is 4.26. The van der Waals surface area contributed by atoms with Crippen molar-refractivity contribution in [3.8, 4) is 5.75 Å². The van der Waals surface area contributed by atoms with Crippen molar-refractivity contribution in [2.75, 3.05) is 57.9 Å². The molecule has 2 aromatic rings. The van der Waals surface area contributed by atoms with E-state index in [0.29, 0.717) is 6.54 Å². The molecule has 0 bridgehead atoms. The molecular weight excluding hydrogens is 378 g/mol. The molecular formula is C24H31N3O3. The van der Waals surface area contributed by atoms with Crippen LogP contribution < -0.4 is 15.0 Å². The number of hydrogen-bond acceptors (Lipinski definition) is 5. The maximum absolute atomic E-state index is 12.5. The minimum absolute atomic E-state index is 0.0221. The lowest BCUT2D eigenvalue weighted by Crippen LogP contribution is -2.44. The summed E-state index contributed by atoms with van der Waals surface area (Å²) in [5.41, 5.74) is 5.07. The highest BCUT2D eigenvalue weighted by atomic mass is 16.5. The highest BCUT2D eigenvalue weighted by Crippen LogP contribution is 2.31. The van der Waals surface area contributed by atoms with Gasteiger partial charge in [-0.2, -0.15) is 0 Å². The molecule has 1 N–H and O–H groups in total. The van der Waals surface area contributed by atoms with Gasteiger partial charge in [-0.1, -0.05) is 24.3 Å². The number of ether oxygens (including phenoxy) is 2. The predicted molar refractivity (Wildman–Crippen MR) is 118 cm³/mol. The molecule has 0 aliphatic carbocycles. The van der Waals surface area contributed by atoms with Gasteiger partial charge in [0.1, 0.15) is 5.75 Å². The van der Waals surface area contributed by atoms with Crippen LogP contribution in [0, 0.1) is 6.92 Å². The van der Waals surface area contributed by atoms with Crippen molar-refractivity contribution in [3.05, 3.63) is 59.2 Å². The first-order valence-electron chi connectivity index (χ1n) is 10.7. The third kappa shape index (κ3) is 4.94. The molecule has 1 amide bonds. The van der Waals surface area contributed by atoms with Crippen LogP contribution >= 0.6 is 0 Å². The molecule has 2 heterocycles. The van der Waals surface area contributed by atoms with Crippen LogP contribution in [-0.4, -0.2) is 63.9 Å². The fraction of sp³-hybridized carbons (Fsp3) is 0.458. The highest BCUT2D eigenvalue weighted by Gasteiger charge is 2.25. The van der Waals surface area contributed by atoms with Crippen LogP contribution in [0.25, 0.3) is 0 Å². The van der Waals surface area contributed by atoms with Gasteiger partial charge < -0.3 is 19.7 Å². The first-order valence-corrected chi connectivity index (χ1v) is 10.7. The van der Waals surface area contributed by atoms with Crippen molar-refractivity contribution in [1.29, 1.82) is 0 Å². The maximum Gasteiger partial charge on any atom is 0.258 e. The highest BCUT2D eigenvalue weighted by molar-refractivity contribution is 5.77. The minimum atomic E-state index is -0.101. The monoisotopic (exact) mass is 409 g/mol. The molecule has 2 aromatic carbocycles. The Morgan fingerprint density at radius 2 is 2.00 bits per heavy atom. The summed E-state index contributed by atoms with van der Waals surface area (Å²) in [5, 5.41) is 3.08. The fourth-order valence-electron chi connectivity index (χ4n) is 4.26. The standard InChI is InChI=1S/C24H31N3O3/c1-18-4-3-5-21(14-18)30-17-24(28)25-16-23(27-10-12-29-13-11-27)19-6-7-22-20(15-19)8-9-26(22)2/h3-7,14-15,23H,8-13,16-17H2,1-2H3,(H,25,28). The lowest BCUT2D eigenvalue weighted by molar-refractivity contribution is -0.123. The summed E-state index contributed by atoms with van der Waals surface area (Å²) in [6.45, 7) is 6.86. The number of rotatable bonds is 7. The first kappa shape index (κ1) is 20.7. The Bertz CT molecular complexity index is 880. The average Bonchev–Trinajstić information content (AvgIpc) is 3.13. The summed E-state index contributed by atoms with van der Waals surface area (Å²) in [7, 11) is 2.14. The minimum Gasteiger partial charge on any atom is -0.484 e. The molecule has 1 saturated heterocycles. The quantitative estimate of drug-likeness (QED) is 0.762. The Labute approximate surface area is 178 Å². The zero-order valence-electron chi connectivity index (χ0n) is 17.9. The lowest BCUT2D eigenvalue weighted by Gasteiger charge is -2.35. The largest absolute Gasteiger partial charge is 0.484 e. The normalized spacial score (nSPS) is 17.5. The smallest absolute Gasteiger partial charge is 0.258 e. The van der Waals surface area contributed by atoms with Crippen molar-refractivity contribution in [1.82, 2.24) is 10.2 Å². The van der Waals surface area contributed by atoms with Gasteiger partial charge in [-0.25, -0.2) is 0 Å². The number of carbonyl (C=O) groups is 1. The molecule has 0 radical (unpaired) electrons. The van der Waals surface area contributed by atoms with Crippen LogP contribution in [0.1, 0.15) is 22.7 Å². The molecule has 1 atom stereocenters. The SMILES string of the molecule is Cc1cccc(OCC(=O)NCC(c2ccc3c(c2)CCN3C)N2CCOCC2)c1. The molecule has 160 valence electrons. The van der Waals surface area contributed by atoms with Gasteiger partial charge in [0, 0.05) is 38.9 Å². The van der Waals surface area contributed by atoms with E-state index in [-0.39, 0.29) is 18.6 Å². The van der Waals surface area contributed by atoms with Gasteiger partial charge in [0.25, 0.3) is 5.91 Å². The number of benzene rings is 2. The van der Waals surface area contributed by atoms with Crippen LogP contribution in [0.3, 0.4) is 0 Å². The van der Waals surface area contributed by atoms with Crippen LogP contribution in [0.15, 0.2) is 42.5 Å². The molecule has 2 aliphatic rings. The van der Waals surface area contributed by atoms with E-state index in [4.69, 9.17) is 9.47 Å². The summed E-state index contributed by atoms with van der Waals surface area (Å²) in [5.74, 6) is 0.619. The van der Waals surface area contributed by atoms with Crippen LogP contribution in [0.2, 0.25) is 0 Å². The summed E-state index contributed by atoms with van der Waals surface area (Å²) < 4.78 is 11.2. The van der Waals surface area contributed by atoms with E-state index < -0.39 is 0 Å². The third-order valence-electron chi connectivity index (χ3n) is 5.95. The van der Waals surface area contributed by atoms with Gasteiger partial charge in [0.2, 0.25) is 0 Å². The van der Waals surface area contributed by atoms with E-state index >= 15 is 0 Å². The van der Waals surface area contributed by atoms with Crippen molar-refractivity contribution in [2.24, 2.45) is 0 Å². The van der Waals surface area contributed by atoms with Crippen LogP contribution in [0.5, 0.6) is 5.75 Å². The molecule has 1 unspecified atom stereocenters. The van der Waals surface area contributed by atoms with E-state index in [1.54, 1.807) is 0 Å². The van der Waals surface area contributed by atoms with Gasteiger partial charge >= 0.3 is 0 Å². The second-order valence-electron chi connectivity index (χ2n) is 8.13. The Morgan fingerprint density at radius 3 is 2.80 bits per heavy atom. The van der Waals surface area contributed by atoms with E-state index in [0.717, 1.165) is 50.6 Å². The zero-order chi connectivity index (χ0) is 20.9. The number of morpholine rings is 1. The molecule has 6 heteroatoms. The number of amides is 1. The van der Waals surface area contributed by atoms with Crippen LogP contribution in [-0.2, 0) is 16.0 Å². The summed E-state index contributed by atoms with van der Waals surface area (Å²) in [4.78, 5) is 17.2. The van der Waals surface area contributed by atoms with E-state index in [2.05, 4.69) is 40.4 Å². The van der Waals surface area contributed by atoms with Crippen molar-refractivity contribution >= 4 is 11.6 Å². The van der Waals surface area contributed by atoms with Crippen molar-refractivity contribution in [3.63, 3.8) is 0 Å². The summed E-state index contributed by atoms with van der Waals surface area (Å²) >= 11 is 0. The number of likely N-dealkylation sites (N-methyl/N-ethyl adjacent to an activating group) is 1. The molecule has 0 spiro atoms. The predicted octanol–water partition coefficient (Wildman–Crippen LogP) is 2.56. The van der Waals surface area contributed by atoms with Crippen molar-refractivity contribution in [2.45, 2.75) is 19.4 Å². The number of hydrogen-bond donors (Lipinski definition) is 1. The molecule has 6 nitrogen and oxygen atoms in total. The van der Waals surface area contributed by atoms with E-state index in [9.17, 15) is 4.79 Å². The number of aryl methyl sites for hydroxylation is 1. The van der Waals surface area contributed by atoms with Crippen LogP contribution in [0.4, 0.5) is 5.69 Å². The lowest BCUT2D eigenvalue weighted by atomic mass is 10.0. The molecule has 30 heavy (non-hydrogen) atoms. The number of fused-ring (bicyclic) bond motifs is 1. The van der Waals surface area contributed by atoms with Gasteiger partial charge in [-0.05, 0) is 48.2 Å². The molecule has 0 aromatic heterocycles. The number of anilines is 1. The average molecular weight is 410 g/mol. The number of carbonyl (C=O) groups excluding carboxylic acids is 1. The third-order valence-corrected chi connectivity index (χ3v) is 5.95. The van der Waals surface area contributed by atoms with Crippen molar-refractivity contribution < 1.29 is 14.3 Å². The Kier molecular flexibility index (Phi) is 6.55. The van der Waals surface area contributed by atoms with E-state index in [1.165, 1.54) is 16.8 Å². The molecule has 1 fully saturated rings. The van der Waals surface area contributed by atoms with Gasteiger partial charge in [0.15, 0.2) is 6.61 Å². The second-order valence-corrected chi connectivity index (χ2v) is 8.13. The molecule has 2 aliphatic heterocycles. The number of nitrogens with one attached hydrogen (secondary N) is 1. The number of nitrogens with zero attached hydrogens (tertiary/aromatic N) is 2. The topological polar surface area (TPSA) is 54.0 Å². The maximum atomic E-state index is 12.5. The van der Waals surface area contributed by atoms with E-state index in [1.807, 2.05) is 31.2 Å². The zero-order valence-corrected chi connectivity index (χ0v) is 17.9. The summed E-state index contributed by atoms with van der Waals surface area (Å²) in [6, 6.07) is 14.6. The second kappa shape index (κ2) is 9.49. The van der Waals surface area contributed by atoms with Gasteiger partial charge in [-0.3, -0.25) is 9.69 Å².